The standard InChI is InChI=1S/C31H23ClO/c1-2-20-14-15-22-8-7-11-26-25-10-4-6-13-28(25)31(33,30(20)29(22)26)27-12-5-3-9-24(27)21-16-18-23(32)19-17-21/h3-19,33H,2H2,1H3. The molecule has 0 heterocycles. The van der Waals surface area contributed by atoms with Crippen LogP contribution in [0.3, 0.4) is 0 Å². The molecular formula is C31H23ClO. The summed E-state index contributed by atoms with van der Waals surface area (Å²) in [5, 5.41) is 15.9. The Bertz CT molecular complexity index is 1520. The molecule has 1 N–H and O–H groups in total. The molecule has 0 fully saturated rings. The van der Waals surface area contributed by atoms with Gasteiger partial charge in [-0.15, -0.1) is 0 Å². The number of benzene rings is 5. The molecule has 1 aliphatic rings. The van der Waals surface area contributed by atoms with E-state index in [0.717, 1.165) is 56.1 Å². The van der Waals surface area contributed by atoms with Gasteiger partial charge in [0.2, 0.25) is 0 Å². The molecular weight excluding hydrogens is 424 g/mol. The van der Waals surface area contributed by atoms with Crippen molar-refractivity contribution < 1.29 is 5.11 Å². The van der Waals surface area contributed by atoms with Crippen molar-refractivity contribution in [1.29, 1.82) is 0 Å². The van der Waals surface area contributed by atoms with Gasteiger partial charge in [0.1, 0.15) is 5.60 Å². The monoisotopic (exact) mass is 446 g/mol. The highest BCUT2D eigenvalue weighted by atomic mass is 35.5. The van der Waals surface area contributed by atoms with Crippen LogP contribution in [-0.4, -0.2) is 5.11 Å². The third kappa shape index (κ3) is 2.90. The Kier molecular flexibility index (Phi) is 4.65. The summed E-state index contributed by atoms with van der Waals surface area (Å²) in [6.45, 7) is 2.16. The van der Waals surface area contributed by atoms with Gasteiger partial charge < -0.3 is 5.11 Å². The van der Waals surface area contributed by atoms with Crippen LogP contribution in [0.15, 0.2) is 103 Å². The number of hydrogen-bond acceptors (Lipinski definition) is 1. The van der Waals surface area contributed by atoms with Crippen molar-refractivity contribution in [2.45, 2.75) is 18.9 Å². The van der Waals surface area contributed by atoms with Gasteiger partial charge in [0, 0.05) is 21.7 Å². The van der Waals surface area contributed by atoms with E-state index < -0.39 is 5.60 Å². The molecule has 0 saturated carbocycles. The third-order valence-corrected chi connectivity index (χ3v) is 7.21. The van der Waals surface area contributed by atoms with Gasteiger partial charge >= 0.3 is 0 Å². The highest BCUT2D eigenvalue weighted by Crippen LogP contribution is 2.53. The maximum absolute atomic E-state index is 12.9. The lowest BCUT2D eigenvalue weighted by Crippen LogP contribution is -2.34. The molecule has 0 aliphatic heterocycles. The number of rotatable bonds is 3. The number of aryl methyl sites for hydroxylation is 1. The van der Waals surface area contributed by atoms with Gasteiger partial charge in [-0.25, -0.2) is 0 Å². The summed E-state index contributed by atoms with van der Waals surface area (Å²) in [5.74, 6) is 0. The van der Waals surface area contributed by atoms with E-state index in [0.29, 0.717) is 5.02 Å². The Hall–Kier alpha value is -3.39. The molecule has 0 amide bonds. The van der Waals surface area contributed by atoms with E-state index in [9.17, 15) is 5.11 Å². The van der Waals surface area contributed by atoms with E-state index in [4.69, 9.17) is 11.6 Å². The predicted molar refractivity (Wildman–Crippen MR) is 138 cm³/mol. The Balaban J connectivity index is 1.78. The fourth-order valence-corrected chi connectivity index (χ4v) is 5.61. The molecule has 2 heteroatoms. The highest BCUT2D eigenvalue weighted by Gasteiger charge is 2.43. The van der Waals surface area contributed by atoms with Crippen LogP contribution in [0, 0.1) is 0 Å². The van der Waals surface area contributed by atoms with Gasteiger partial charge in [0.05, 0.1) is 0 Å². The molecule has 5 aromatic rings. The number of aliphatic hydroxyl groups is 1. The summed E-state index contributed by atoms with van der Waals surface area (Å²) in [7, 11) is 0. The minimum Gasteiger partial charge on any atom is -0.376 e. The summed E-state index contributed by atoms with van der Waals surface area (Å²) in [6.07, 6.45) is 0.840. The van der Waals surface area contributed by atoms with Crippen molar-refractivity contribution in [3.05, 3.63) is 130 Å². The molecule has 1 atom stereocenters. The van der Waals surface area contributed by atoms with E-state index in [-0.39, 0.29) is 0 Å². The van der Waals surface area contributed by atoms with Crippen molar-refractivity contribution in [3.63, 3.8) is 0 Å². The van der Waals surface area contributed by atoms with E-state index in [2.05, 4.69) is 67.6 Å². The molecule has 160 valence electrons. The third-order valence-electron chi connectivity index (χ3n) is 6.95. The summed E-state index contributed by atoms with van der Waals surface area (Å²) < 4.78 is 0. The molecule has 0 radical (unpaired) electrons. The summed E-state index contributed by atoms with van der Waals surface area (Å²) >= 11 is 6.18. The van der Waals surface area contributed by atoms with E-state index in [1.807, 2.05) is 42.5 Å². The van der Waals surface area contributed by atoms with Crippen LogP contribution in [-0.2, 0) is 12.0 Å². The second-order valence-corrected chi connectivity index (χ2v) is 9.10. The van der Waals surface area contributed by atoms with Gasteiger partial charge in [-0.05, 0) is 57.1 Å². The zero-order valence-corrected chi connectivity index (χ0v) is 19.1. The Morgan fingerprint density at radius 1 is 0.667 bits per heavy atom. The molecule has 1 nitrogen and oxygen atoms in total. The SMILES string of the molecule is CCc1ccc2cccc3c2c1C(O)(c1ccccc1-c1ccc(Cl)cc1)c1ccccc1-3. The lowest BCUT2D eigenvalue weighted by molar-refractivity contribution is 0.127. The number of hydrogen-bond donors (Lipinski definition) is 1. The second-order valence-electron chi connectivity index (χ2n) is 8.67. The maximum atomic E-state index is 12.9. The van der Waals surface area contributed by atoms with Crippen molar-refractivity contribution in [3.8, 4) is 22.3 Å². The smallest absolute Gasteiger partial charge is 0.142 e. The van der Waals surface area contributed by atoms with Gasteiger partial charge in [0.25, 0.3) is 0 Å². The minimum atomic E-state index is -1.29. The van der Waals surface area contributed by atoms with Crippen molar-refractivity contribution in [1.82, 2.24) is 0 Å². The molecule has 0 spiro atoms. The van der Waals surface area contributed by atoms with E-state index >= 15 is 0 Å². The minimum absolute atomic E-state index is 0.699. The second kappa shape index (κ2) is 7.59. The maximum Gasteiger partial charge on any atom is 0.142 e. The Morgan fingerprint density at radius 3 is 2.03 bits per heavy atom. The molecule has 1 unspecified atom stereocenters. The fourth-order valence-electron chi connectivity index (χ4n) is 5.48. The average molecular weight is 447 g/mol. The van der Waals surface area contributed by atoms with Gasteiger partial charge in [-0.2, -0.15) is 0 Å². The summed E-state index contributed by atoms with van der Waals surface area (Å²) in [4.78, 5) is 0. The Morgan fingerprint density at radius 2 is 1.30 bits per heavy atom. The first-order valence-corrected chi connectivity index (χ1v) is 11.7. The van der Waals surface area contributed by atoms with Crippen molar-refractivity contribution >= 4 is 22.4 Å². The predicted octanol–water partition coefficient (Wildman–Crippen LogP) is 7.99. The number of fused-ring (bicyclic) bond motifs is 2. The quantitative estimate of drug-likeness (QED) is 0.297. The number of halogens is 1. The first-order chi connectivity index (χ1) is 16.1. The molecule has 5 aromatic carbocycles. The normalized spacial score (nSPS) is 16.6. The fraction of sp³-hybridized carbons (Fsp3) is 0.0968. The average Bonchev–Trinajstić information content (AvgIpc) is 2.87. The molecule has 1 aliphatic carbocycles. The van der Waals surface area contributed by atoms with Crippen molar-refractivity contribution in [2.75, 3.05) is 0 Å². The molecule has 33 heavy (non-hydrogen) atoms. The van der Waals surface area contributed by atoms with Gasteiger partial charge in [-0.3, -0.25) is 0 Å². The summed E-state index contributed by atoms with van der Waals surface area (Å²) in [6, 6.07) is 35.1. The van der Waals surface area contributed by atoms with Crippen LogP contribution in [0.25, 0.3) is 33.0 Å². The van der Waals surface area contributed by atoms with E-state index in [1.54, 1.807) is 0 Å². The first kappa shape index (κ1) is 20.2. The van der Waals surface area contributed by atoms with Gasteiger partial charge in [0.15, 0.2) is 0 Å². The topological polar surface area (TPSA) is 20.2 Å². The van der Waals surface area contributed by atoms with Crippen LogP contribution in [0.5, 0.6) is 0 Å². The van der Waals surface area contributed by atoms with Crippen LogP contribution in [0.4, 0.5) is 0 Å². The van der Waals surface area contributed by atoms with Crippen LogP contribution < -0.4 is 0 Å². The van der Waals surface area contributed by atoms with Crippen molar-refractivity contribution in [2.24, 2.45) is 0 Å². The lowest BCUT2D eigenvalue weighted by Gasteiger charge is -2.39. The highest BCUT2D eigenvalue weighted by molar-refractivity contribution is 6.30. The zero-order chi connectivity index (χ0) is 22.6. The molecule has 0 bridgehead atoms. The molecule has 6 rings (SSSR count). The Labute approximate surface area is 198 Å². The summed E-state index contributed by atoms with van der Waals surface area (Å²) in [5.41, 5.74) is 6.99. The van der Waals surface area contributed by atoms with Crippen LogP contribution in [0.2, 0.25) is 5.02 Å². The lowest BCUT2D eigenvalue weighted by atomic mass is 9.67. The van der Waals surface area contributed by atoms with Crippen LogP contribution >= 0.6 is 11.6 Å². The first-order valence-electron chi connectivity index (χ1n) is 11.4. The van der Waals surface area contributed by atoms with Crippen LogP contribution in [0.1, 0.15) is 29.2 Å². The van der Waals surface area contributed by atoms with Gasteiger partial charge in [-0.1, -0.05) is 110 Å². The largest absolute Gasteiger partial charge is 0.376 e. The molecule has 0 aromatic heterocycles. The zero-order valence-electron chi connectivity index (χ0n) is 18.3. The van der Waals surface area contributed by atoms with E-state index in [1.165, 1.54) is 5.56 Å². The molecule has 0 saturated heterocycles.